The predicted molar refractivity (Wildman–Crippen MR) is 160 cm³/mol. The highest BCUT2D eigenvalue weighted by molar-refractivity contribution is 6.30. The molecule has 0 saturated heterocycles. The van der Waals surface area contributed by atoms with Gasteiger partial charge in [0.1, 0.15) is 5.82 Å². The number of aliphatic carboxylic acids is 1. The molecule has 1 heterocycles. The van der Waals surface area contributed by atoms with E-state index in [1.807, 2.05) is 24.3 Å². The lowest BCUT2D eigenvalue weighted by Crippen LogP contribution is -2.21. The minimum absolute atomic E-state index is 0.0723. The summed E-state index contributed by atoms with van der Waals surface area (Å²) < 4.78 is 34.2. The van der Waals surface area contributed by atoms with Crippen LogP contribution in [0.4, 0.5) is 13.2 Å². The van der Waals surface area contributed by atoms with Gasteiger partial charge in [-0.25, -0.2) is 9.78 Å². The van der Waals surface area contributed by atoms with Crippen LogP contribution >= 0.6 is 23.2 Å². The van der Waals surface area contributed by atoms with Crippen molar-refractivity contribution >= 4 is 40.2 Å². The van der Waals surface area contributed by atoms with Gasteiger partial charge in [-0.1, -0.05) is 84.7 Å². The highest BCUT2D eigenvalue weighted by Crippen LogP contribution is 2.38. The molecule has 0 fully saturated rings. The van der Waals surface area contributed by atoms with E-state index in [1.54, 1.807) is 0 Å². The quantitative estimate of drug-likeness (QED) is 0.202. The second kappa shape index (κ2) is 12.2. The molecular weight excluding hydrogens is 584 g/mol. The highest BCUT2D eigenvalue weighted by atomic mass is 35.5. The number of aryl methyl sites for hydroxylation is 1. The molecule has 1 aliphatic rings. The molecule has 4 aromatic carbocycles. The maximum absolute atomic E-state index is 10.6. The summed E-state index contributed by atoms with van der Waals surface area (Å²) in [4.78, 5) is 13.9. The summed E-state index contributed by atoms with van der Waals surface area (Å²) in [6.45, 7) is 2.20. The van der Waals surface area contributed by atoms with Crippen LogP contribution < -0.4 is 0 Å². The van der Waals surface area contributed by atoms with Crippen LogP contribution in [0.3, 0.4) is 0 Å². The molecule has 0 aliphatic heterocycles. The SMILES string of the molecule is CCc1nc2ccc(C(c3ccc(Cl)cc3)c3ccc(Cl)cc3)cc2n1C1Cc2ccccc2C1.O=C(O)C(F)(F)F. The Morgan fingerprint density at radius 1 is 0.881 bits per heavy atom. The number of hydrogen-bond donors (Lipinski definition) is 1. The van der Waals surface area contributed by atoms with Crippen molar-refractivity contribution in [2.45, 2.75) is 44.3 Å². The van der Waals surface area contributed by atoms with Crippen LogP contribution in [-0.2, 0) is 24.1 Å². The average Bonchev–Trinajstić information content (AvgIpc) is 3.55. The Bertz CT molecular complexity index is 1640. The standard InChI is InChI=1S/C31H26Cl2N2.C2HF3O2/c1-2-30-34-28-16-11-24(19-29(28)35(30)27-17-22-5-3-4-6-23(22)18-27)31(20-7-12-25(32)13-8-20)21-9-14-26(33)15-10-21;3-2(4,5)1(6)7/h3-16,19,27,31H,2,17-18H2,1H3;(H,6,7). The fourth-order valence-corrected chi connectivity index (χ4v) is 5.85. The van der Waals surface area contributed by atoms with E-state index in [4.69, 9.17) is 38.1 Å². The number of aromatic nitrogens is 2. The zero-order valence-electron chi connectivity index (χ0n) is 22.6. The van der Waals surface area contributed by atoms with E-state index in [-0.39, 0.29) is 5.92 Å². The first-order chi connectivity index (χ1) is 20.0. The topological polar surface area (TPSA) is 55.1 Å². The number of nitrogens with zero attached hydrogens (tertiary/aromatic N) is 2. The van der Waals surface area contributed by atoms with E-state index in [0.717, 1.165) is 40.6 Å². The number of halogens is 5. The number of carboxylic acid groups (broad SMARTS) is 1. The van der Waals surface area contributed by atoms with Gasteiger partial charge in [0.2, 0.25) is 0 Å². The van der Waals surface area contributed by atoms with Crippen molar-refractivity contribution in [1.29, 1.82) is 0 Å². The van der Waals surface area contributed by atoms with Crippen LogP contribution in [-0.4, -0.2) is 26.8 Å². The number of hydrogen-bond acceptors (Lipinski definition) is 2. The van der Waals surface area contributed by atoms with Gasteiger partial charge in [0, 0.05) is 28.4 Å². The predicted octanol–water partition coefficient (Wildman–Crippen LogP) is 9.06. The zero-order chi connectivity index (χ0) is 30.0. The van der Waals surface area contributed by atoms with Crippen molar-refractivity contribution in [2.24, 2.45) is 0 Å². The van der Waals surface area contributed by atoms with Gasteiger partial charge in [-0.15, -0.1) is 0 Å². The summed E-state index contributed by atoms with van der Waals surface area (Å²) in [5.41, 5.74) is 8.83. The van der Waals surface area contributed by atoms with Crippen molar-refractivity contribution < 1.29 is 23.1 Å². The number of alkyl halides is 3. The van der Waals surface area contributed by atoms with Gasteiger partial charge in [-0.05, 0) is 77.1 Å². The van der Waals surface area contributed by atoms with Crippen molar-refractivity contribution in [3.8, 4) is 0 Å². The van der Waals surface area contributed by atoms with E-state index in [0.29, 0.717) is 6.04 Å². The maximum atomic E-state index is 10.6. The number of carbonyl (C=O) groups is 1. The molecule has 0 spiro atoms. The fraction of sp³-hybridized carbons (Fsp3) is 0.212. The normalized spacial score (nSPS) is 13.2. The molecule has 9 heteroatoms. The molecule has 0 bridgehead atoms. The zero-order valence-corrected chi connectivity index (χ0v) is 24.1. The minimum atomic E-state index is -5.08. The van der Waals surface area contributed by atoms with Crippen LogP contribution in [0.25, 0.3) is 11.0 Å². The first kappa shape index (κ1) is 29.7. The van der Waals surface area contributed by atoms with E-state index >= 15 is 0 Å². The van der Waals surface area contributed by atoms with Crippen LogP contribution in [0.2, 0.25) is 10.0 Å². The molecule has 216 valence electrons. The summed E-state index contributed by atoms with van der Waals surface area (Å²) in [7, 11) is 0. The smallest absolute Gasteiger partial charge is 0.475 e. The summed E-state index contributed by atoms with van der Waals surface area (Å²) in [5, 5.41) is 8.61. The lowest BCUT2D eigenvalue weighted by molar-refractivity contribution is -0.192. The van der Waals surface area contributed by atoms with E-state index in [1.165, 1.54) is 33.3 Å². The molecule has 1 aliphatic carbocycles. The summed E-state index contributed by atoms with van der Waals surface area (Å²) in [6, 6.07) is 32.3. The monoisotopic (exact) mass is 610 g/mol. The number of fused-ring (bicyclic) bond motifs is 2. The Morgan fingerprint density at radius 2 is 1.36 bits per heavy atom. The molecule has 6 rings (SSSR count). The van der Waals surface area contributed by atoms with E-state index in [2.05, 4.69) is 78.2 Å². The molecule has 0 amide bonds. The lowest BCUT2D eigenvalue weighted by Gasteiger charge is -2.21. The van der Waals surface area contributed by atoms with Gasteiger partial charge in [-0.3, -0.25) is 0 Å². The first-order valence-corrected chi connectivity index (χ1v) is 14.2. The van der Waals surface area contributed by atoms with Crippen LogP contribution in [0, 0.1) is 0 Å². The summed E-state index contributed by atoms with van der Waals surface area (Å²) in [6.07, 6.45) is -2.07. The summed E-state index contributed by atoms with van der Waals surface area (Å²) >= 11 is 12.5. The third-order valence-electron chi connectivity index (χ3n) is 7.48. The molecule has 0 atom stereocenters. The molecule has 4 nitrogen and oxygen atoms in total. The lowest BCUT2D eigenvalue weighted by atomic mass is 9.85. The largest absolute Gasteiger partial charge is 0.490 e. The molecule has 5 aromatic rings. The van der Waals surface area contributed by atoms with Crippen LogP contribution in [0.15, 0.2) is 91.0 Å². The summed E-state index contributed by atoms with van der Waals surface area (Å²) in [5.74, 6) is -1.53. The molecule has 42 heavy (non-hydrogen) atoms. The molecule has 0 radical (unpaired) electrons. The Kier molecular flexibility index (Phi) is 8.62. The molecule has 1 N–H and O–H groups in total. The number of carboxylic acids is 1. The fourth-order valence-electron chi connectivity index (χ4n) is 5.60. The van der Waals surface area contributed by atoms with E-state index < -0.39 is 12.1 Å². The second-order valence-corrected chi connectivity index (χ2v) is 11.0. The third kappa shape index (κ3) is 6.32. The maximum Gasteiger partial charge on any atom is 0.490 e. The Hall–Kier alpha value is -3.81. The van der Waals surface area contributed by atoms with Crippen molar-refractivity contribution in [3.63, 3.8) is 0 Å². The van der Waals surface area contributed by atoms with Crippen molar-refractivity contribution in [3.05, 3.63) is 135 Å². The Balaban J connectivity index is 0.000000451. The molecule has 0 saturated carbocycles. The number of benzene rings is 4. The first-order valence-electron chi connectivity index (χ1n) is 13.4. The highest BCUT2D eigenvalue weighted by Gasteiger charge is 2.38. The number of rotatable bonds is 5. The van der Waals surface area contributed by atoms with E-state index in [9.17, 15) is 13.2 Å². The van der Waals surface area contributed by atoms with Gasteiger partial charge >= 0.3 is 12.1 Å². The van der Waals surface area contributed by atoms with Gasteiger partial charge in [0.25, 0.3) is 0 Å². The van der Waals surface area contributed by atoms with Gasteiger partial charge < -0.3 is 9.67 Å². The van der Waals surface area contributed by atoms with Gasteiger partial charge in [0.05, 0.1) is 11.0 Å². The van der Waals surface area contributed by atoms with Gasteiger partial charge in [0.15, 0.2) is 0 Å². The molecular formula is C33H27Cl2F3N2O2. The van der Waals surface area contributed by atoms with Crippen molar-refractivity contribution in [2.75, 3.05) is 0 Å². The van der Waals surface area contributed by atoms with Crippen molar-refractivity contribution in [1.82, 2.24) is 9.55 Å². The number of imidazole rings is 1. The minimum Gasteiger partial charge on any atom is -0.475 e. The van der Waals surface area contributed by atoms with Crippen LogP contribution in [0.1, 0.15) is 52.5 Å². The molecule has 0 unspecified atom stereocenters. The average molecular weight is 611 g/mol. The Morgan fingerprint density at radius 3 is 1.81 bits per heavy atom. The van der Waals surface area contributed by atoms with Crippen LogP contribution in [0.5, 0.6) is 0 Å². The molecule has 1 aromatic heterocycles. The van der Waals surface area contributed by atoms with Gasteiger partial charge in [-0.2, -0.15) is 13.2 Å². The Labute approximate surface area is 251 Å². The third-order valence-corrected chi connectivity index (χ3v) is 7.98. The second-order valence-electron chi connectivity index (χ2n) is 10.2.